The lowest BCUT2D eigenvalue weighted by molar-refractivity contribution is -0.137. The molecule has 0 bridgehead atoms. The molecule has 18 heavy (non-hydrogen) atoms. The molecule has 0 atom stereocenters. The molecule has 1 N–H and O–H groups in total. The molecule has 0 aliphatic rings. The molecule has 0 amide bonds. The van der Waals surface area contributed by atoms with Crippen molar-refractivity contribution < 1.29 is 9.90 Å². The molecular weight excluding hydrogens is 232 g/mol. The van der Waals surface area contributed by atoms with Crippen LogP contribution in [0.3, 0.4) is 0 Å². The molecule has 0 fully saturated rings. The molecule has 0 saturated heterocycles. The number of carboxylic acids is 1. The molecule has 2 aromatic heterocycles. The van der Waals surface area contributed by atoms with E-state index >= 15 is 0 Å². The van der Waals surface area contributed by atoms with Gasteiger partial charge in [-0.25, -0.2) is 4.98 Å². The van der Waals surface area contributed by atoms with Crippen LogP contribution in [-0.4, -0.2) is 30.7 Å². The number of hydrogen-bond donors (Lipinski definition) is 1. The predicted molar refractivity (Wildman–Crippen MR) is 65.5 cm³/mol. The maximum absolute atomic E-state index is 10.5. The number of carbonyl (C=O) groups is 1. The van der Waals surface area contributed by atoms with Gasteiger partial charge in [0.05, 0.1) is 0 Å². The van der Waals surface area contributed by atoms with Gasteiger partial charge in [0, 0.05) is 24.1 Å². The Morgan fingerprint density at radius 3 is 2.89 bits per heavy atom. The van der Waals surface area contributed by atoms with E-state index in [0.717, 1.165) is 29.1 Å². The highest BCUT2D eigenvalue weighted by molar-refractivity contribution is 5.66. The van der Waals surface area contributed by atoms with E-state index in [1.165, 1.54) is 0 Å². The first kappa shape index (κ1) is 12.5. The molecule has 0 aromatic carbocycles. The van der Waals surface area contributed by atoms with Gasteiger partial charge in [0.25, 0.3) is 0 Å². The Balaban J connectivity index is 2.28. The summed E-state index contributed by atoms with van der Waals surface area (Å²) in [5.41, 5.74) is 2.89. The SMILES string of the molecule is CCc1c(C)ncn2c(CCCC(=O)O)nnc12. The summed E-state index contributed by atoms with van der Waals surface area (Å²) in [5, 5.41) is 16.9. The third kappa shape index (κ3) is 2.32. The second-order valence-corrected chi connectivity index (χ2v) is 4.22. The number of aliphatic carboxylic acids is 1. The van der Waals surface area contributed by atoms with Crippen LogP contribution in [-0.2, 0) is 17.6 Å². The van der Waals surface area contributed by atoms with Crippen molar-refractivity contribution in [1.29, 1.82) is 0 Å². The topological polar surface area (TPSA) is 80.4 Å². The molecule has 6 heteroatoms. The number of rotatable bonds is 5. The molecule has 2 aromatic rings. The number of nitrogens with zero attached hydrogens (tertiary/aromatic N) is 4. The Morgan fingerprint density at radius 1 is 1.44 bits per heavy atom. The quantitative estimate of drug-likeness (QED) is 0.865. The van der Waals surface area contributed by atoms with Crippen molar-refractivity contribution in [2.24, 2.45) is 0 Å². The Morgan fingerprint density at radius 2 is 2.22 bits per heavy atom. The number of carboxylic acid groups (broad SMARTS) is 1. The minimum atomic E-state index is -0.785. The Kier molecular flexibility index (Phi) is 3.55. The monoisotopic (exact) mass is 248 g/mol. The van der Waals surface area contributed by atoms with Gasteiger partial charge in [-0.3, -0.25) is 9.20 Å². The molecule has 0 saturated carbocycles. The van der Waals surface area contributed by atoms with Crippen LogP contribution >= 0.6 is 0 Å². The van der Waals surface area contributed by atoms with E-state index < -0.39 is 5.97 Å². The Labute approximate surface area is 105 Å². The van der Waals surface area contributed by atoms with Gasteiger partial charge in [0.15, 0.2) is 5.65 Å². The van der Waals surface area contributed by atoms with E-state index in [-0.39, 0.29) is 6.42 Å². The van der Waals surface area contributed by atoms with Crippen molar-refractivity contribution in [2.75, 3.05) is 0 Å². The molecule has 0 aliphatic heterocycles. The van der Waals surface area contributed by atoms with Crippen molar-refractivity contribution in [1.82, 2.24) is 19.6 Å². The van der Waals surface area contributed by atoms with Crippen LogP contribution in [0.1, 0.15) is 36.8 Å². The van der Waals surface area contributed by atoms with Crippen LogP contribution in [0, 0.1) is 6.92 Å². The lowest BCUT2D eigenvalue weighted by atomic mass is 10.2. The van der Waals surface area contributed by atoms with Gasteiger partial charge in [-0.2, -0.15) is 0 Å². The molecule has 0 aliphatic carbocycles. The second kappa shape index (κ2) is 5.12. The zero-order chi connectivity index (χ0) is 13.1. The number of aromatic nitrogens is 4. The van der Waals surface area contributed by atoms with Crippen LogP contribution in [0.15, 0.2) is 6.33 Å². The molecule has 6 nitrogen and oxygen atoms in total. The summed E-state index contributed by atoms with van der Waals surface area (Å²) in [6.07, 6.45) is 3.87. The zero-order valence-corrected chi connectivity index (χ0v) is 10.6. The molecular formula is C12H16N4O2. The maximum atomic E-state index is 10.5. The summed E-state index contributed by atoms with van der Waals surface area (Å²) in [4.78, 5) is 14.8. The van der Waals surface area contributed by atoms with Gasteiger partial charge in [-0.05, 0) is 19.8 Å². The van der Waals surface area contributed by atoms with Crippen LogP contribution in [0.25, 0.3) is 5.65 Å². The van der Waals surface area contributed by atoms with E-state index in [9.17, 15) is 4.79 Å². The standard InChI is InChI=1S/C12H16N4O2/c1-3-9-8(2)13-7-16-10(14-15-12(9)16)5-4-6-11(17)18/h7H,3-6H2,1-2H3,(H,17,18). The van der Waals surface area contributed by atoms with Crippen molar-refractivity contribution in [3.63, 3.8) is 0 Å². The molecule has 96 valence electrons. The van der Waals surface area contributed by atoms with Gasteiger partial charge >= 0.3 is 5.97 Å². The summed E-state index contributed by atoms with van der Waals surface area (Å²) >= 11 is 0. The Hall–Kier alpha value is -1.98. The van der Waals surface area contributed by atoms with Gasteiger partial charge in [0.1, 0.15) is 12.2 Å². The summed E-state index contributed by atoms with van der Waals surface area (Å²) < 4.78 is 1.85. The van der Waals surface area contributed by atoms with Crippen LogP contribution in [0.4, 0.5) is 0 Å². The number of aryl methyl sites for hydroxylation is 3. The third-order valence-corrected chi connectivity index (χ3v) is 2.98. The minimum absolute atomic E-state index is 0.148. The average molecular weight is 248 g/mol. The lowest BCUT2D eigenvalue weighted by Gasteiger charge is -2.04. The van der Waals surface area contributed by atoms with Crippen molar-refractivity contribution >= 4 is 11.6 Å². The van der Waals surface area contributed by atoms with Gasteiger partial charge in [-0.15, -0.1) is 10.2 Å². The van der Waals surface area contributed by atoms with Crippen LogP contribution in [0.5, 0.6) is 0 Å². The minimum Gasteiger partial charge on any atom is -0.481 e. The van der Waals surface area contributed by atoms with E-state index in [1.54, 1.807) is 6.33 Å². The van der Waals surface area contributed by atoms with Gasteiger partial charge in [0.2, 0.25) is 0 Å². The largest absolute Gasteiger partial charge is 0.481 e. The maximum Gasteiger partial charge on any atom is 0.303 e. The molecule has 0 radical (unpaired) electrons. The molecule has 0 spiro atoms. The predicted octanol–water partition coefficient (Wildman–Crippen LogP) is 1.40. The second-order valence-electron chi connectivity index (χ2n) is 4.22. The highest BCUT2D eigenvalue weighted by atomic mass is 16.4. The average Bonchev–Trinajstić information content (AvgIpc) is 2.72. The summed E-state index contributed by atoms with van der Waals surface area (Å²) in [5.74, 6) is -0.0134. The fraction of sp³-hybridized carbons (Fsp3) is 0.500. The highest BCUT2D eigenvalue weighted by Crippen LogP contribution is 2.14. The van der Waals surface area contributed by atoms with E-state index in [1.807, 2.05) is 11.3 Å². The van der Waals surface area contributed by atoms with Crippen molar-refractivity contribution in [2.45, 2.75) is 39.5 Å². The van der Waals surface area contributed by atoms with Crippen molar-refractivity contribution in [3.8, 4) is 0 Å². The summed E-state index contributed by atoms with van der Waals surface area (Å²) in [6.45, 7) is 4.01. The third-order valence-electron chi connectivity index (χ3n) is 2.98. The van der Waals surface area contributed by atoms with E-state index in [2.05, 4.69) is 22.1 Å². The van der Waals surface area contributed by atoms with Crippen LogP contribution < -0.4 is 0 Å². The molecule has 2 heterocycles. The van der Waals surface area contributed by atoms with Crippen molar-refractivity contribution in [3.05, 3.63) is 23.4 Å². The summed E-state index contributed by atoms with van der Waals surface area (Å²) in [7, 11) is 0. The normalized spacial score (nSPS) is 11.0. The lowest BCUT2D eigenvalue weighted by Crippen LogP contribution is -2.02. The number of hydrogen-bond acceptors (Lipinski definition) is 4. The van der Waals surface area contributed by atoms with E-state index in [4.69, 9.17) is 5.11 Å². The van der Waals surface area contributed by atoms with Gasteiger partial charge in [-0.1, -0.05) is 6.92 Å². The fourth-order valence-electron chi connectivity index (χ4n) is 2.02. The Bertz CT molecular complexity index is 577. The molecule has 0 unspecified atom stereocenters. The number of fused-ring (bicyclic) bond motifs is 1. The van der Waals surface area contributed by atoms with E-state index in [0.29, 0.717) is 12.8 Å². The first-order valence-corrected chi connectivity index (χ1v) is 6.03. The van der Waals surface area contributed by atoms with Crippen LogP contribution in [0.2, 0.25) is 0 Å². The smallest absolute Gasteiger partial charge is 0.303 e. The first-order valence-electron chi connectivity index (χ1n) is 6.03. The highest BCUT2D eigenvalue weighted by Gasteiger charge is 2.11. The first-order chi connectivity index (χ1) is 8.63. The zero-order valence-electron chi connectivity index (χ0n) is 10.6. The fourth-order valence-corrected chi connectivity index (χ4v) is 2.02. The molecule has 2 rings (SSSR count). The summed E-state index contributed by atoms with van der Waals surface area (Å²) in [6, 6.07) is 0. The van der Waals surface area contributed by atoms with Gasteiger partial charge < -0.3 is 5.11 Å².